The van der Waals surface area contributed by atoms with Gasteiger partial charge in [0.1, 0.15) is 36.8 Å². The van der Waals surface area contributed by atoms with Crippen LogP contribution in [0, 0.1) is 0 Å². The Morgan fingerprint density at radius 3 is 1.92 bits per heavy atom. The van der Waals surface area contributed by atoms with Crippen LogP contribution in [0.4, 0.5) is 0 Å². The molecule has 2 unspecified atom stereocenters. The van der Waals surface area contributed by atoms with Crippen LogP contribution in [-0.4, -0.2) is 103 Å². The number of ketones is 1. The van der Waals surface area contributed by atoms with Crippen LogP contribution in [0.5, 0.6) is 0 Å². The SMILES string of the molecule is CC(=O)OC[C@@H]1O[C@@H](CCC(=O)CC2O[C@@H]3[C@@H](OC(OC(C)=O)[C@H](OC(C)=O)[C@@H]3OC(C)=O)[C@H]2OC(C)=O)C[C@@H]1OCc1ccccc1. The summed E-state index contributed by atoms with van der Waals surface area (Å²) in [5.41, 5.74) is 0.972. The molecule has 3 saturated heterocycles. The quantitative estimate of drug-likeness (QED) is 0.205. The van der Waals surface area contributed by atoms with Crippen LogP contribution >= 0.6 is 0 Å². The average Bonchev–Trinajstić information content (AvgIpc) is 3.55. The molecular formula is C33H42O15. The van der Waals surface area contributed by atoms with E-state index in [1.165, 1.54) is 13.8 Å². The number of Topliss-reactive ketones (excluding diaryl/α,β-unsaturated/α-hetero) is 1. The molecule has 3 heterocycles. The number of hydrogen-bond acceptors (Lipinski definition) is 15. The second kappa shape index (κ2) is 17.0. The molecule has 0 aliphatic carbocycles. The van der Waals surface area contributed by atoms with Gasteiger partial charge in [0.25, 0.3) is 0 Å². The molecule has 0 aromatic heterocycles. The lowest BCUT2D eigenvalue weighted by atomic mass is 9.94. The first kappa shape index (κ1) is 36.9. The summed E-state index contributed by atoms with van der Waals surface area (Å²) in [6.45, 7) is 6.18. The molecule has 4 rings (SSSR count). The van der Waals surface area contributed by atoms with Crippen molar-refractivity contribution >= 4 is 35.6 Å². The predicted molar refractivity (Wildman–Crippen MR) is 160 cm³/mol. The van der Waals surface area contributed by atoms with E-state index in [0.717, 1.165) is 26.3 Å². The monoisotopic (exact) mass is 678 g/mol. The van der Waals surface area contributed by atoms with E-state index in [1.807, 2.05) is 30.3 Å². The van der Waals surface area contributed by atoms with Crippen LogP contribution in [0.25, 0.3) is 0 Å². The van der Waals surface area contributed by atoms with Crippen LogP contribution in [0.15, 0.2) is 30.3 Å². The third kappa shape index (κ3) is 10.3. The van der Waals surface area contributed by atoms with Crippen LogP contribution in [0.2, 0.25) is 0 Å². The maximum atomic E-state index is 13.3. The molecule has 48 heavy (non-hydrogen) atoms. The van der Waals surface area contributed by atoms with Gasteiger partial charge in [0.2, 0.25) is 12.4 Å². The summed E-state index contributed by atoms with van der Waals surface area (Å²) < 4.78 is 51.0. The first-order valence-electron chi connectivity index (χ1n) is 15.8. The van der Waals surface area contributed by atoms with Gasteiger partial charge < -0.3 is 42.6 Å². The number of hydrogen-bond donors (Lipinski definition) is 0. The molecule has 0 amide bonds. The molecule has 0 N–H and O–H groups in total. The fourth-order valence-corrected chi connectivity index (χ4v) is 6.08. The molecule has 0 spiro atoms. The molecule has 10 atom stereocenters. The first-order chi connectivity index (χ1) is 22.8. The number of fused-ring (bicyclic) bond motifs is 1. The summed E-state index contributed by atoms with van der Waals surface area (Å²) in [6.07, 6.45) is -9.32. The van der Waals surface area contributed by atoms with E-state index in [1.54, 1.807) is 0 Å². The van der Waals surface area contributed by atoms with E-state index in [9.17, 15) is 28.8 Å². The van der Waals surface area contributed by atoms with Crippen molar-refractivity contribution in [2.75, 3.05) is 6.61 Å². The zero-order valence-corrected chi connectivity index (χ0v) is 27.5. The van der Waals surface area contributed by atoms with Gasteiger partial charge in [0.05, 0.1) is 18.8 Å². The van der Waals surface area contributed by atoms with E-state index < -0.39 is 78.9 Å². The van der Waals surface area contributed by atoms with Crippen molar-refractivity contribution in [2.45, 2.75) is 128 Å². The normalized spacial score (nSPS) is 30.9. The number of benzene rings is 1. The minimum Gasteiger partial charge on any atom is -0.463 e. The van der Waals surface area contributed by atoms with E-state index in [0.29, 0.717) is 19.4 Å². The Morgan fingerprint density at radius 1 is 0.688 bits per heavy atom. The Morgan fingerprint density at radius 2 is 1.29 bits per heavy atom. The highest BCUT2D eigenvalue weighted by molar-refractivity contribution is 5.79. The summed E-state index contributed by atoms with van der Waals surface area (Å²) in [6, 6.07) is 9.58. The van der Waals surface area contributed by atoms with Gasteiger partial charge in [0.15, 0.2) is 12.2 Å². The van der Waals surface area contributed by atoms with Crippen LogP contribution in [0.3, 0.4) is 0 Å². The Labute approximate surface area is 277 Å². The summed E-state index contributed by atoms with van der Waals surface area (Å²) in [4.78, 5) is 72.8. The summed E-state index contributed by atoms with van der Waals surface area (Å²) in [5.74, 6) is -3.68. The topological polar surface area (TPSA) is 185 Å². The molecule has 3 fully saturated rings. The van der Waals surface area contributed by atoms with E-state index in [4.69, 9.17) is 42.6 Å². The van der Waals surface area contributed by atoms with E-state index in [2.05, 4.69) is 0 Å². The minimum absolute atomic E-state index is 0.00810. The smallest absolute Gasteiger partial charge is 0.305 e. The van der Waals surface area contributed by atoms with Gasteiger partial charge in [0, 0.05) is 53.9 Å². The van der Waals surface area contributed by atoms with Gasteiger partial charge in [-0.2, -0.15) is 0 Å². The van der Waals surface area contributed by atoms with Crippen LogP contribution in [0.1, 0.15) is 65.9 Å². The first-order valence-corrected chi connectivity index (χ1v) is 15.8. The Hall–Kier alpha value is -3.92. The lowest BCUT2D eigenvalue weighted by Crippen LogP contribution is -2.61. The highest BCUT2D eigenvalue weighted by atomic mass is 16.8. The van der Waals surface area contributed by atoms with Crippen molar-refractivity contribution in [3.05, 3.63) is 35.9 Å². The molecule has 15 heteroatoms. The van der Waals surface area contributed by atoms with Gasteiger partial charge in [-0.05, 0) is 12.0 Å². The van der Waals surface area contributed by atoms with Crippen LogP contribution in [-0.2, 0) is 78.0 Å². The maximum absolute atomic E-state index is 13.3. The van der Waals surface area contributed by atoms with Crippen molar-refractivity contribution < 1.29 is 71.4 Å². The number of carbonyl (C=O) groups is 6. The molecule has 264 valence electrons. The number of carbonyl (C=O) groups excluding carboxylic acids is 6. The summed E-state index contributed by atoms with van der Waals surface area (Å²) >= 11 is 0. The second-order valence-electron chi connectivity index (χ2n) is 11.9. The van der Waals surface area contributed by atoms with Gasteiger partial charge in [-0.15, -0.1) is 0 Å². The third-order valence-electron chi connectivity index (χ3n) is 7.95. The van der Waals surface area contributed by atoms with Crippen molar-refractivity contribution in [2.24, 2.45) is 0 Å². The summed E-state index contributed by atoms with van der Waals surface area (Å²) in [5, 5.41) is 0. The lowest BCUT2D eigenvalue weighted by Gasteiger charge is -2.41. The van der Waals surface area contributed by atoms with Gasteiger partial charge in [-0.1, -0.05) is 30.3 Å². The fourth-order valence-electron chi connectivity index (χ4n) is 6.08. The standard InChI is InChI=1S/C33H42O15/c1-17(34)40-16-27-25(41-15-22-9-7-6-8-10-22)14-24(46-27)12-11-23(39)13-26-28(42-18(2)35)29-30(47-26)31(43-19(3)36)32(44-20(4)37)33(48-29)45-21(5)38/h6-10,24-33H,11-16H2,1-5H3/t24-,25-,26?,27-,28-,29-,30+,31+,32+,33?/m0/s1. The van der Waals surface area contributed by atoms with Gasteiger partial charge in [-0.25, -0.2) is 0 Å². The molecule has 0 bridgehead atoms. The molecule has 3 aliphatic heterocycles. The van der Waals surface area contributed by atoms with Crippen LogP contribution < -0.4 is 0 Å². The van der Waals surface area contributed by atoms with E-state index >= 15 is 0 Å². The fraction of sp³-hybridized carbons (Fsp3) is 0.636. The van der Waals surface area contributed by atoms with Crippen molar-refractivity contribution in [3.63, 3.8) is 0 Å². The van der Waals surface area contributed by atoms with E-state index in [-0.39, 0.29) is 37.4 Å². The molecule has 3 aliphatic rings. The van der Waals surface area contributed by atoms with Gasteiger partial charge >= 0.3 is 29.8 Å². The third-order valence-corrected chi connectivity index (χ3v) is 7.95. The predicted octanol–water partition coefficient (Wildman–Crippen LogP) is 1.88. The van der Waals surface area contributed by atoms with Crippen molar-refractivity contribution in [3.8, 4) is 0 Å². The number of esters is 5. The number of rotatable bonds is 14. The Bertz CT molecular complexity index is 1320. The Kier molecular flexibility index (Phi) is 13.0. The molecule has 15 nitrogen and oxygen atoms in total. The highest BCUT2D eigenvalue weighted by Crippen LogP contribution is 2.39. The Balaban J connectivity index is 1.43. The second-order valence-corrected chi connectivity index (χ2v) is 11.9. The lowest BCUT2D eigenvalue weighted by molar-refractivity contribution is -0.290. The zero-order valence-electron chi connectivity index (χ0n) is 27.5. The largest absolute Gasteiger partial charge is 0.463 e. The average molecular weight is 679 g/mol. The molecule has 0 radical (unpaired) electrons. The van der Waals surface area contributed by atoms with Crippen molar-refractivity contribution in [1.82, 2.24) is 0 Å². The van der Waals surface area contributed by atoms with Gasteiger partial charge in [-0.3, -0.25) is 28.8 Å². The molecule has 1 aromatic rings. The zero-order chi connectivity index (χ0) is 35.0. The highest BCUT2D eigenvalue weighted by Gasteiger charge is 2.61. The summed E-state index contributed by atoms with van der Waals surface area (Å²) in [7, 11) is 0. The minimum atomic E-state index is -1.52. The molecular weight excluding hydrogens is 636 g/mol. The van der Waals surface area contributed by atoms with Crippen molar-refractivity contribution in [1.29, 1.82) is 0 Å². The number of ether oxygens (including phenoxy) is 9. The maximum Gasteiger partial charge on any atom is 0.305 e. The molecule has 1 aromatic carbocycles. The molecule has 0 saturated carbocycles.